The molecule has 5 heterocycles. The summed E-state index contributed by atoms with van der Waals surface area (Å²) in [4.78, 5) is 69.2. The van der Waals surface area contributed by atoms with Crippen LogP contribution in [0.4, 0.5) is 5.69 Å². The number of aryl methyl sites for hydroxylation is 1. The quantitative estimate of drug-likeness (QED) is 0.0385. The third-order valence-corrected chi connectivity index (χ3v) is 9.56. The van der Waals surface area contributed by atoms with Crippen molar-refractivity contribution in [1.29, 1.82) is 0 Å². The Morgan fingerprint density at radius 3 is 2.55 bits per heavy atom. The van der Waals surface area contributed by atoms with Crippen molar-refractivity contribution in [3.8, 4) is 0 Å². The highest BCUT2D eigenvalue weighted by Crippen LogP contribution is 2.52. The van der Waals surface area contributed by atoms with Gasteiger partial charge in [0.1, 0.15) is 29.2 Å². The molecule has 244 valence electrons. The van der Waals surface area contributed by atoms with Gasteiger partial charge in [-0.1, -0.05) is 6.92 Å². The Morgan fingerprint density at radius 1 is 1.21 bits per heavy atom. The second-order valence-corrected chi connectivity index (χ2v) is 12.4. The van der Waals surface area contributed by atoms with E-state index in [4.69, 9.17) is 10.5 Å². The summed E-state index contributed by atoms with van der Waals surface area (Å²) >= 11 is 1.22. The molecule has 0 spiro atoms. The van der Waals surface area contributed by atoms with Gasteiger partial charge in [0.25, 0.3) is 11.6 Å². The summed E-state index contributed by atoms with van der Waals surface area (Å²) in [6.45, 7) is 4.92. The Bertz CT molecular complexity index is 1980. The van der Waals surface area contributed by atoms with E-state index in [9.17, 15) is 34.4 Å². The Labute approximate surface area is 288 Å². The van der Waals surface area contributed by atoms with Crippen LogP contribution in [0.3, 0.4) is 0 Å². The topological polar surface area (TPSA) is 191 Å². The van der Waals surface area contributed by atoms with E-state index in [-0.39, 0.29) is 65.9 Å². The number of thiazole rings is 1. The number of nitro benzene ring substituents is 1. The number of esters is 1. The number of β-lactam (4-membered cyclic amide) rings is 1. The van der Waals surface area contributed by atoms with Crippen molar-refractivity contribution >= 4 is 51.0 Å². The number of nitrogens with two attached hydrogens (primary N) is 1. The van der Waals surface area contributed by atoms with E-state index in [1.807, 2.05) is 6.92 Å². The number of halogens is 1. The van der Waals surface area contributed by atoms with E-state index in [0.29, 0.717) is 26.4 Å². The minimum atomic E-state index is -0.938. The summed E-state index contributed by atoms with van der Waals surface area (Å²) in [5, 5.41) is 21.4. The molecule has 1 fully saturated rings. The van der Waals surface area contributed by atoms with E-state index in [1.54, 1.807) is 40.4 Å². The van der Waals surface area contributed by atoms with Crippen LogP contribution in [0.2, 0.25) is 0 Å². The lowest BCUT2D eigenvalue weighted by Crippen LogP contribution is -3.00. The summed E-state index contributed by atoms with van der Waals surface area (Å²) in [7, 11) is 0. The number of carbonyl (C=O) groups is 4. The largest absolute Gasteiger partial charge is 1.00 e. The molecule has 14 nitrogen and oxygen atoms in total. The summed E-state index contributed by atoms with van der Waals surface area (Å²) in [6.07, 6.45) is 3.83. The number of imidazole rings is 1. The van der Waals surface area contributed by atoms with Crippen LogP contribution >= 0.6 is 11.3 Å². The van der Waals surface area contributed by atoms with Crippen LogP contribution in [0.15, 0.2) is 60.8 Å². The number of ketones is 1. The minimum absolute atomic E-state index is 0. The number of aliphatic hydroxyl groups is 1. The van der Waals surface area contributed by atoms with Crippen LogP contribution < -0.4 is 34.3 Å². The Morgan fingerprint density at radius 2 is 1.91 bits per heavy atom. The maximum absolute atomic E-state index is 13.6. The van der Waals surface area contributed by atoms with Crippen molar-refractivity contribution in [3.05, 3.63) is 98.3 Å². The number of nitro groups is 1. The highest BCUT2D eigenvalue weighted by atomic mass is 127. The molecule has 0 radical (unpaired) electrons. The third-order valence-electron chi connectivity index (χ3n) is 8.41. The smallest absolute Gasteiger partial charge is 0.355 e. The van der Waals surface area contributed by atoms with Crippen molar-refractivity contribution in [2.45, 2.75) is 46.1 Å². The average Bonchev–Trinajstić information content (AvgIpc) is 3.66. The average molecular weight is 773 g/mol. The molecule has 4 atom stereocenters. The van der Waals surface area contributed by atoms with E-state index in [0.717, 1.165) is 5.69 Å². The van der Waals surface area contributed by atoms with Gasteiger partial charge >= 0.3 is 5.97 Å². The molecule has 0 aliphatic carbocycles. The number of ether oxygens (including phenoxy) is 1. The Hall–Kier alpha value is -4.55. The van der Waals surface area contributed by atoms with Gasteiger partial charge in [-0.15, -0.1) is 11.3 Å². The van der Waals surface area contributed by atoms with Gasteiger partial charge in [-0.25, -0.2) is 9.78 Å². The molecule has 3 aromatic heterocycles. The van der Waals surface area contributed by atoms with E-state index in [1.165, 1.54) is 53.8 Å². The van der Waals surface area contributed by atoms with Crippen LogP contribution in [0.5, 0.6) is 0 Å². The molecule has 3 N–H and O–H groups in total. The van der Waals surface area contributed by atoms with Gasteiger partial charge in [-0.2, -0.15) is 4.57 Å². The molecule has 0 unspecified atom stereocenters. The number of benzene rings is 1. The number of pyridine rings is 1. The van der Waals surface area contributed by atoms with E-state index in [2.05, 4.69) is 4.98 Å². The van der Waals surface area contributed by atoms with Crippen LogP contribution in [-0.2, 0) is 32.3 Å². The fourth-order valence-electron chi connectivity index (χ4n) is 6.12. The Balaban J connectivity index is 0.00000433. The summed E-state index contributed by atoms with van der Waals surface area (Å²) < 4.78 is 8.86. The van der Waals surface area contributed by atoms with E-state index < -0.39 is 40.8 Å². The predicted octanol–water partition coefficient (Wildman–Crippen LogP) is -1.07. The predicted molar refractivity (Wildman–Crippen MR) is 162 cm³/mol. The number of nitrogens with zero attached hydrogens (tertiary/aromatic N) is 5. The van der Waals surface area contributed by atoms with Crippen molar-refractivity contribution in [2.75, 3.05) is 0 Å². The van der Waals surface area contributed by atoms with Gasteiger partial charge in [-0.3, -0.25) is 28.9 Å². The molecule has 4 aromatic rings. The summed E-state index contributed by atoms with van der Waals surface area (Å²) in [5.41, 5.74) is 7.59. The molecule has 6 rings (SSSR count). The van der Waals surface area contributed by atoms with Crippen LogP contribution in [-0.4, -0.2) is 60.0 Å². The van der Waals surface area contributed by atoms with Crippen LogP contribution in [0.1, 0.15) is 46.0 Å². The normalized spacial score (nSPS) is 19.2. The number of hydrogen-bond acceptors (Lipinski definition) is 10. The standard InChI is InChI=1S/C31H28N6O8S.HI/c1-15-4-7-19(10-34(15)12-22(32)39)28(40)25-30-35(14-33-25)11-21(46-30)23-16(2)26-24(17(3)38)29(41)36(26)27(23)31(42)45-13-18-5-8-20(9-6-18)37(43)44;/h4-11,14,16-17,24,26,38H,12-13H2,1-3H3,(H-,32,39);1H/t16-,17+,24+,26+;/m0./s1. The fraction of sp³-hybridized carbons (Fsp3) is 0.290. The molecule has 2 aliphatic heterocycles. The van der Waals surface area contributed by atoms with Gasteiger partial charge in [0.15, 0.2) is 11.9 Å². The lowest BCUT2D eigenvalue weighted by Gasteiger charge is -2.46. The van der Waals surface area contributed by atoms with Crippen LogP contribution in [0.25, 0.3) is 10.4 Å². The lowest BCUT2D eigenvalue weighted by molar-refractivity contribution is -0.690. The molecule has 47 heavy (non-hydrogen) atoms. The van der Waals surface area contributed by atoms with Crippen molar-refractivity contribution < 1.29 is 62.5 Å². The van der Waals surface area contributed by atoms with Crippen molar-refractivity contribution in [3.63, 3.8) is 0 Å². The first-order valence-electron chi connectivity index (χ1n) is 14.3. The molecular weight excluding hydrogens is 743 g/mol. The number of carbonyl (C=O) groups excluding carboxylic acids is 4. The van der Waals surface area contributed by atoms with Gasteiger partial charge in [0.05, 0.1) is 33.4 Å². The molecule has 1 aromatic carbocycles. The SMILES string of the molecule is Cc1ccc(C(=O)c2ncn3cc(C4=C(C(=O)OCc5ccc([N+](=O)[O-])cc5)N5C(=O)[C@H]([C@@H](C)O)[C@H]5[C@H]4C)sc23)c[n+]1CC(N)=O.[I-]. The zero-order valence-corrected chi connectivity index (χ0v) is 28.3. The Kier molecular flexibility index (Phi) is 9.29. The monoisotopic (exact) mass is 772 g/mol. The molecule has 1 saturated heterocycles. The number of hydrogen-bond donors (Lipinski definition) is 2. The number of amides is 2. The van der Waals surface area contributed by atoms with E-state index >= 15 is 0 Å². The maximum atomic E-state index is 13.6. The molecule has 2 aliphatic rings. The molecule has 0 bridgehead atoms. The van der Waals surface area contributed by atoms with Gasteiger partial charge in [0, 0.05) is 42.8 Å². The number of aromatic nitrogens is 3. The summed E-state index contributed by atoms with van der Waals surface area (Å²) in [5.74, 6) is -3.15. The first-order chi connectivity index (χ1) is 21.9. The lowest BCUT2D eigenvalue weighted by atomic mass is 9.77. The number of primary amides is 1. The second kappa shape index (κ2) is 12.9. The molecule has 16 heteroatoms. The third kappa shape index (κ3) is 5.91. The second-order valence-electron chi connectivity index (χ2n) is 11.4. The molecular formula is C31H29IN6O8S. The highest BCUT2D eigenvalue weighted by Gasteiger charge is 2.60. The number of rotatable bonds is 10. The molecule has 2 amide bonds. The zero-order chi connectivity index (χ0) is 33.0. The van der Waals surface area contributed by atoms with Gasteiger partial charge in [0.2, 0.25) is 18.2 Å². The number of non-ortho nitro benzene ring substituents is 1. The maximum Gasteiger partial charge on any atom is 0.355 e. The van der Waals surface area contributed by atoms with Crippen LogP contribution in [0, 0.1) is 28.9 Å². The molecule has 0 saturated carbocycles. The summed E-state index contributed by atoms with van der Waals surface area (Å²) in [6, 6.07) is 8.46. The highest BCUT2D eigenvalue weighted by molar-refractivity contribution is 7.18. The number of fused-ring (bicyclic) bond motifs is 2. The van der Waals surface area contributed by atoms with Crippen molar-refractivity contribution in [2.24, 2.45) is 17.6 Å². The fourth-order valence-corrected chi connectivity index (χ4v) is 7.34. The van der Waals surface area contributed by atoms with Gasteiger partial charge < -0.3 is 44.5 Å². The van der Waals surface area contributed by atoms with Crippen molar-refractivity contribution in [1.82, 2.24) is 14.3 Å². The number of aliphatic hydroxyl groups excluding tert-OH is 1. The first kappa shape index (κ1) is 33.8. The zero-order valence-electron chi connectivity index (χ0n) is 25.3. The minimum Gasteiger partial charge on any atom is -1.00 e. The van der Waals surface area contributed by atoms with Gasteiger partial charge in [-0.05, 0) is 30.7 Å². The first-order valence-corrected chi connectivity index (χ1v) is 15.1.